The molecule has 34 heavy (non-hydrogen) atoms. The maximum Gasteiger partial charge on any atom is 0.508 e. The van der Waals surface area contributed by atoms with Crippen LogP contribution in [0.5, 0.6) is 11.5 Å². The number of nitrogens with two attached hydrogens (primary N) is 1. The highest BCUT2D eigenvalue weighted by atomic mass is 16.7. The van der Waals surface area contributed by atoms with E-state index in [1.54, 1.807) is 19.9 Å². The number of hydrogen-bond donors (Lipinski definition) is 1. The molecule has 2 N–H and O–H groups in total. The highest BCUT2D eigenvalue weighted by Gasteiger charge is 2.26. The Morgan fingerprint density at radius 3 is 2.12 bits per heavy atom. The molecular formula is C24H33NO9. The van der Waals surface area contributed by atoms with E-state index in [-0.39, 0.29) is 24.0 Å². The van der Waals surface area contributed by atoms with Gasteiger partial charge in [0.15, 0.2) is 11.5 Å². The lowest BCUT2D eigenvalue weighted by Crippen LogP contribution is -2.39. The maximum absolute atomic E-state index is 12.5. The molecule has 0 amide bonds. The van der Waals surface area contributed by atoms with Gasteiger partial charge in [-0.1, -0.05) is 12.5 Å². The number of benzene rings is 1. The van der Waals surface area contributed by atoms with Gasteiger partial charge in [-0.25, -0.2) is 4.79 Å². The molecule has 0 radical (unpaired) electrons. The molecule has 1 saturated carbocycles. The second kappa shape index (κ2) is 12.9. The number of hydrogen-bond acceptors (Lipinski definition) is 10. The van der Waals surface area contributed by atoms with Crippen LogP contribution in [0.4, 0.5) is 4.79 Å². The largest absolute Gasteiger partial charge is 0.508 e. The third-order valence-corrected chi connectivity index (χ3v) is 5.33. The summed E-state index contributed by atoms with van der Waals surface area (Å²) in [6, 6.07) is 3.47. The summed E-state index contributed by atoms with van der Waals surface area (Å²) in [5.41, 5.74) is 6.55. The highest BCUT2D eigenvalue weighted by molar-refractivity contribution is 5.76. The van der Waals surface area contributed by atoms with Crippen molar-refractivity contribution in [3.63, 3.8) is 0 Å². The van der Waals surface area contributed by atoms with Crippen LogP contribution in [0.25, 0.3) is 0 Å². The van der Waals surface area contributed by atoms with Crippen molar-refractivity contribution < 1.29 is 42.9 Å². The summed E-state index contributed by atoms with van der Waals surface area (Å²) in [5, 5.41) is 0. The zero-order valence-electron chi connectivity index (χ0n) is 20.0. The molecule has 1 aliphatic carbocycles. The fourth-order valence-corrected chi connectivity index (χ4v) is 3.45. The molecule has 188 valence electrons. The van der Waals surface area contributed by atoms with Crippen molar-refractivity contribution in [2.45, 2.75) is 90.6 Å². The minimum absolute atomic E-state index is 0.0348. The first kappa shape index (κ1) is 27.1. The summed E-state index contributed by atoms with van der Waals surface area (Å²) in [4.78, 5) is 47.1. The molecular weight excluding hydrogens is 446 g/mol. The molecule has 0 saturated heterocycles. The Kier molecular flexibility index (Phi) is 10.3. The number of rotatable bonds is 9. The summed E-state index contributed by atoms with van der Waals surface area (Å²) < 4.78 is 26.0. The molecule has 3 atom stereocenters. The highest BCUT2D eigenvalue weighted by Crippen LogP contribution is 2.29. The average molecular weight is 480 g/mol. The van der Waals surface area contributed by atoms with E-state index < -0.39 is 42.3 Å². The lowest BCUT2D eigenvalue weighted by atomic mass is 9.98. The summed E-state index contributed by atoms with van der Waals surface area (Å²) in [5.74, 6) is -1.76. The van der Waals surface area contributed by atoms with Crippen LogP contribution in [0.3, 0.4) is 0 Å². The van der Waals surface area contributed by atoms with Gasteiger partial charge in [-0.3, -0.25) is 14.4 Å². The number of carbonyl (C=O) groups excluding carboxylic acids is 4. The minimum atomic E-state index is -1.03. The Hall–Kier alpha value is -3.14. The van der Waals surface area contributed by atoms with Crippen molar-refractivity contribution in [3.05, 3.63) is 23.8 Å². The first-order valence-electron chi connectivity index (χ1n) is 11.4. The normalized spacial score (nSPS) is 16.5. The van der Waals surface area contributed by atoms with Gasteiger partial charge in [0.1, 0.15) is 24.4 Å². The van der Waals surface area contributed by atoms with E-state index in [0.717, 1.165) is 32.1 Å². The summed E-state index contributed by atoms with van der Waals surface area (Å²) >= 11 is 0. The van der Waals surface area contributed by atoms with Crippen molar-refractivity contribution >= 4 is 24.1 Å². The van der Waals surface area contributed by atoms with Gasteiger partial charge in [-0.05, 0) is 63.6 Å². The SMILES string of the molecule is CC(=O)Oc1ccc(C[C@H](N)C(=O)O[C@@H](C)C(C)OC(=O)OC2CCCCC2)cc1OC(C)=O. The van der Waals surface area contributed by atoms with Gasteiger partial charge in [-0.2, -0.15) is 0 Å². The third-order valence-electron chi connectivity index (χ3n) is 5.33. The van der Waals surface area contributed by atoms with Crippen molar-refractivity contribution in [2.24, 2.45) is 5.73 Å². The fraction of sp³-hybridized carbons (Fsp3) is 0.583. The van der Waals surface area contributed by atoms with Crippen LogP contribution in [-0.2, 0) is 35.0 Å². The average Bonchev–Trinajstić information content (AvgIpc) is 2.75. The first-order valence-corrected chi connectivity index (χ1v) is 11.4. The quantitative estimate of drug-likeness (QED) is 0.414. The fourth-order valence-electron chi connectivity index (χ4n) is 3.45. The van der Waals surface area contributed by atoms with E-state index in [4.69, 9.17) is 29.4 Å². The second-order valence-corrected chi connectivity index (χ2v) is 8.37. The zero-order chi connectivity index (χ0) is 25.3. The molecule has 1 aromatic rings. The molecule has 0 spiro atoms. The molecule has 1 aromatic carbocycles. The van der Waals surface area contributed by atoms with E-state index >= 15 is 0 Å². The standard InChI is InChI=1S/C24H33NO9/c1-14(15(2)31-24(29)34-19-8-6-5-7-9-19)30-23(28)20(25)12-18-10-11-21(32-16(3)26)22(13-18)33-17(4)27/h10-11,13-15,19-20H,5-9,12,25H2,1-4H3/t14-,15?,20-/m0/s1. The molecule has 10 heteroatoms. The lowest BCUT2D eigenvalue weighted by molar-refractivity contribution is -0.156. The van der Waals surface area contributed by atoms with Gasteiger partial charge in [0.2, 0.25) is 0 Å². The smallest absolute Gasteiger partial charge is 0.458 e. The summed E-state index contributed by atoms with van der Waals surface area (Å²) in [6.07, 6.45) is 2.50. The Labute approximate surface area is 199 Å². The Morgan fingerprint density at radius 2 is 1.50 bits per heavy atom. The van der Waals surface area contributed by atoms with Crippen LogP contribution in [0, 0.1) is 0 Å². The predicted octanol–water partition coefficient (Wildman–Crippen LogP) is 3.21. The summed E-state index contributed by atoms with van der Waals surface area (Å²) in [7, 11) is 0. The van der Waals surface area contributed by atoms with E-state index in [9.17, 15) is 19.2 Å². The molecule has 0 aliphatic heterocycles. The molecule has 10 nitrogen and oxygen atoms in total. The molecule has 0 bridgehead atoms. The van der Waals surface area contributed by atoms with Crippen LogP contribution in [0.15, 0.2) is 18.2 Å². The zero-order valence-corrected chi connectivity index (χ0v) is 20.0. The van der Waals surface area contributed by atoms with Gasteiger partial charge in [0.05, 0.1) is 0 Å². The molecule has 0 aromatic heterocycles. The van der Waals surface area contributed by atoms with Gasteiger partial charge < -0.3 is 29.4 Å². The maximum atomic E-state index is 12.5. The minimum Gasteiger partial charge on any atom is -0.458 e. The summed E-state index contributed by atoms with van der Waals surface area (Å²) in [6.45, 7) is 5.63. The lowest BCUT2D eigenvalue weighted by Gasteiger charge is -2.25. The van der Waals surface area contributed by atoms with Crippen molar-refractivity contribution in [2.75, 3.05) is 0 Å². The Morgan fingerprint density at radius 1 is 0.912 bits per heavy atom. The van der Waals surface area contributed by atoms with Crippen LogP contribution >= 0.6 is 0 Å². The monoisotopic (exact) mass is 479 g/mol. The van der Waals surface area contributed by atoms with Crippen LogP contribution < -0.4 is 15.2 Å². The molecule has 2 rings (SSSR count). The van der Waals surface area contributed by atoms with Gasteiger partial charge in [0, 0.05) is 13.8 Å². The van der Waals surface area contributed by atoms with E-state index in [1.807, 2.05) is 0 Å². The van der Waals surface area contributed by atoms with E-state index in [2.05, 4.69) is 0 Å². The first-order chi connectivity index (χ1) is 16.0. The van der Waals surface area contributed by atoms with Crippen molar-refractivity contribution in [1.82, 2.24) is 0 Å². The number of esters is 3. The predicted molar refractivity (Wildman–Crippen MR) is 120 cm³/mol. The Bertz CT molecular complexity index is 879. The topological polar surface area (TPSA) is 140 Å². The van der Waals surface area contributed by atoms with E-state index in [0.29, 0.717) is 5.56 Å². The van der Waals surface area contributed by atoms with Crippen LogP contribution in [0.2, 0.25) is 0 Å². The van der Waals surface area contributed by atoms with E-state index in [1.165, 1.54) is 26.0 Å². The molecule has 1 fully saturated rings. The van der Waals surface area contributed by atoms with Gasteiger partial charge >= 0.3 is 24.1 Å². The molecule has 1 unspecified atom stereocenters. The number of ether oxygens (including phenoxy) is 5. The molecule has 0 heterocycles. The van der Waals surface area contributed by atoms with Gasteiger partial charge in [-0.15, -0.1) is 0 Å². The molecule has 1 aliphatic rings. The van der Waals surface area contributed by atoms with Crippen LogP contribution in [0.1, 0.15) is 65.4 Å². The van der Waals surface area contributed by atoms with Crippen molar-refractivity contribution in [3.8, 4) is 11.5 Å². The van der Waals surface area contributed by atoms with Crippen LogP contribution in [-0.4, -0.2) is 48.4 Å². The third kappa shape index (κ3) is 9.01. The second-order valence-electron chi connectivity index (χ2n) is 8.37. The van der Waals surface area contributed by atoms with Crippen molar-refractivity contribution in [1.29, 1.82) is 0 Å². The number of carbonyl (C=O) groups is 4. The Balaban J connectivity index is 1.89. The van der Waals surface area contributed by atoms with Gasteiger partial charge in [0.25, 0.3) is 0 Å².